The van der Waals surface area contributed by atoms with Crippen molar-refractivity contribution >= 4 is 23.6 Å². The van der Waals surface area contributed by atoms with Crippen LogP contribution in [0.25, 0.3) is 0 Å². The van der Waals surface area contributed by atoms with Crippen molar-refractivity contribution in [1.29, 1.82) is 0 Å². The summed E-state index contributed by atoms with van der Waals surface area (Å²) < 4.78 is 5.17. The minimum absolute atomic E-state index is 0.00204. The maximum Gasteiger partial charge on any atom is 0.333 e. The van der Waals surface area contributed by atoms with Crippen molar-refractivity contribution in [2.75, 3.05) is 20.2 Å². The lowest BCUT2D eigenvalue weighted by Crippen LogP contribution is -2.58. The maximum atomic E-state index is 14.2. The number of benzene rings is 2. The Morgan fingerprint density at radius 2 is 1.62 bits per heavy atom. The van der Waals surface area contributed by atoms with Gasteiger partial charge in [-0.15, -0.1) is 0 Å². The number of piperidine rings is 1. The smallest absolute Gasteiger partial charge is 0.333 e. The topological polar surface area (TPSA) is 96.0 Å². The number of likely N-dealkylation sites (N-methyl/N-ethyl adjacent to an activating group) is 1. The summed E-state index contributed by atoms with van der Waals surface area (Å²) in [6.07, 6.45) is 5.74. The molecule has 2 unspecified atom stereocenters. The average molecular weight is 618 g/mol. The molecule has 1 fully saturated rings. The summed E-state index contributed by atoms with van der Waals surface area (Å²) in [5.41, 5.74) is 2.42. The van der Waals surface area contributed by atoms with E-state index in [4.69, 9.17) is 4.74 Å². The third-order valence-electron chi connectivity index (χ3n) is 8.81. The Kier molecular flexibility index (Phi) is 13.5. The number of ketones is 1. The third-order valence-corrected chi connectivity index (χ3v) is 8.81. The van der Waals surface area contributed by atoms with Crippen LogP contribution in [0, 0.1) is 5.92 Å². The van der Waals surface area contributed by atoms with Gasteiger partial charge in [0.2, 0.25) is 11.8 Å². The molecule has 4 atom stereocenters. The zero-order valence-corrected chi connectivity index (χ0v) is 28.0. The number of hydrogen-bond acceptors (Lipinski definition) is 6. The number of nitrogens with zero attached hydrogens (tertiary/aromatic N) is 2. The summed E-state index contributed by atoms with van der Waals surface area (Å²) in [6.45, 7) is 12.8. The Hall–Kier alpha value is -3.78. The molecule has 244 valence electrons. The first kappa shape index (κ1) is 35.7. The molecule has 3 rings (SSSR count). The van der Waals surface area contributed by atoms with Crippen molar-refractivity contribution < 1.29 is 23.9 Å². The Balaban J connectivity index is 1.90. The number of carbonyl (C=O) groups is 4. The van der Waals surface area contributed by atoms with E-state index in [1.54, 1.807) is 56.1 Å². The SMILES string of the molecule is CCOC(=O)C(C)=C[C@H](C(C)C)N(C)C(=O)[C@H](Cc1ccc(C(=O)c2ccccc2)cc1)NC(=O)C1CCCCN1C(C)CC. The predicted molar refractivity (Wildman–Crippen MR) is 178 cm³/mol. The monoisotopic (exact) mass is 617 g/mol. The van der Waals surface area contributed by atoms with Crippen molar-refractivity contribution in [3.05, 3.63) is 82.9 Å². The Morgan fingerprint density at radius 1 is 0.978 bits per heavy atom. The molecule has 1 aliphatic heterocycles. The minimum atomic E-state index is -0.837. The molecule has 0 spiro atoms. The average Bonchev–Trinajstić information content (AvgIpc) is 3.06. The number of hydrogen-bond donors (Lipinski definition) is 1. The van der Waals surface area contributed by atoms with Crippen molar-refractivity contribution in [3.63, 3.8) is 0 Å². The number of likely N-dealkylation sites (tertiary alicyclic amines) is 1. The van der Waals surface area contributed by atoms with E-state index < -0.39 is 18.1 Å². The van der Waals surface area contributed by atoms with Crippen LogP contribution >= 0.6 is 0 Å². The highest BCUT2D eigenvalue weighted by Crippen LogP contribution is 2.23. The molecule has 0 bridgehead atoms. The second-order valence-corrected chi connectivity index (χ2v) is 12.4. The van der Waals surface area contributed by atoms with Gasteiger partial charge >= 0.3 is 5.97 Å². The summed E-state index contributed by atoms with van der Waals surface area (Å²) in [7, 11) is 1.72. The lowest BCUT2D eigenvalue weighted by atomic mass is 9.95. The molecule has 1 N–H and O–H groups in total. The van der Waals surface area contributed by atoms with Gasteiger partial charge in [-0.05, 0) is 58.1 Å². The van der Waals surface area contributed by atoms with Crippen LogP contribution < -0.4 is 5.32 Å². The van der Waals surface area contributed by atoms with Crippen LogP contribution in [0.3, 0.4) is 0 Å². The van der Waals surface area contributed by atoms with Gasteiger partial charge in [-0.25, -0.2) is 4.79 Å². The van der Waals surface area contributed by atoms with Crippen LogP contribution in [-0.2, 0) is 25.5 Å². The van der Waals surface area contributed by atoms with E-state index in [0.29, 0.717) is 16.7 Å². The molecule has 1 heterocycles. The van der Waals surface area contributed by atoms with Crippen molar-refractivity contribution in [1.82, 2.24) is 15.1 Å². The van der Waals surface area contributed by atoms with Gasteiger partial charge in [-0.2, -0.15) is 0 Å². The van der Waals surface area contributed by atoms with Gasteiger partial charge in [0.1, 0.15) is 6.04 Å². The van der Waals surface area contributed by atoms with Gasteiger partial charge in [-0.3, -0.25) is 19.3 Å². The van der Waals surface area contributed by atoms with Gasteiger partial charge in [0, 0.05) is 36.2 Å². The fourth-order valence-corrected chi connectivity index (χ4v) is 5.96. The molecule has 1 aliphatic rings. The first-order chi connectivity index (χ1) is 21.5. The summed E-state index contributed by atoms with van der Waals surface area (Å²) >= 11 is 0. The molecule has 45 heavy (non-hydrogen) atoms. The summed E-state index contributed by atoms with van der Waals surface area (Å²) in [6, 6.07) is 15.1. The zero-order chi connectivity index (χ0) is 33.1. The zero-order valence-electron chi connectivity index (χ0n) is 28.0. The van der Waals surface area contributed by atoms with Crippen molar-refractivity contribution in [2.45, 2.75) is 97.8 Å². The number of nitrogens with one attached hydrogen (secondary N) is 1. The number of ether oxygens (including phenoxy) is 1. The summed E-state index contributed by atoms with van der Waals surface area (Å²) in [5.74, 6) is -0.875. The van der Waals surface area contributed by atoms with E-state index in [9.17, 15) is 19.2 Å². The summed E-state index contributed by atoms with van der Waals surface area (Å²) in [5, 5.41) is 3.13. The van der Waals surface area contributed by atoms with E-state index in [-0.39, 0.29) is 48.6 Å². The van der Waals surface area contributed by atoms with Crippen LogP contribution in [0.5, 0.6) is 0 Å². The first-order valence-electron chi connectivity index (χ1n) is 16.3. The van der Waals surface area contributed by atoms with Gasteiger partial charge in [0.05, 0.1) is 18.7 Å². The standard InChI is InChI=1S/C37H51N3O5/c1-8-27(6)40-22-14-13-17-32(40)35(42)38-31(36(43)39(7)33(25(3)4)23-26(5)37(44)45-9-2)24-28-18-20-30(21-19-28)34(41)29-15-11-10-12-16-29/h10-12,15-16,18-21,23,25,27,31-33H,8-9,13-14,17,22,24H2,1-7H3,(H,38,42)/t27?,31-,32?,33+/m0/s1. The van der Waals surface area contributed by atoms with Crippen LogP contribution in [0.1, 0.15) is 88.7 Å². The fraction of sp³-hybridized carbons (Fsp3) is 0.514. The Morgan fingerprint density at radius 3 is 2.22 bits per heavy atom. The normalized spacial score (nSPS) is 17.7. The molecular weight excluding hydrogens is 566 g/mol. The predicted octanol–water partition coefficient (Wildman–Crippen LogP) is 5.59. The molecule has 2 aromatic carbocycles. The van der Waals surface area contributed by atoms with Crippen molar-refractivity contribution in [3.8, 4) is 0 Å². The highest BCUT2D eigenvalue weighted by atomic mass is 16.5. The quantitative estimate of drug-likeness (QED) is 0.169. The molecule has 8 heteroatoms. The fourth-order valence-electron chi connectivity index (χ4n) is 5.96. The highest BCUT2D eigenvalue weighted by molar-refractivity contribution is 6.09. The molecule has 8 nitrogen and oxygen atoms in total. The largest absolute Gasteiger partial charge is 0.463 e. The molecule has 2 aromatic rings. The van der Waals surface area contributed by atoms with E-state index in [0.717, 1.165) is 37.8 Å². The Bertz CT molecular complexity index is 1320. The molecule has 0 aliphatic carbocycles. The first-order valence-corrected chi connectivity index (χ1v) is 16.3. The lowest BCUT2D eigenvalue weighted by molar-refractivity contribution is -0.139. The summed E-state index contributed by atoms with van der Waals surface area (Å²) in [4.78, 5) is 57.3. The Labute approximate surface area is 269 Å². The van der Waals surface area contributed by atoms with E-state index in [1.165, 1.54) is 0 Å². The maximum absolute atomic E-state index is 14.2. The van der Waals surface area contributed by atoms with Crippen molar-refractivity contribution in [2.24, 2.45) is 5.92 Å². The third kappa shape index (κ3) is 9.60. The lowest BCUT2D eigenvalue weighted by Gasteiger charge is -2.39. The van der Waals surface area contributed by atoms with E-state index in [1.807, 2.05) is 44.2 Å². The van der Waals surface area contributed by atoms with Gasteiger partial charge in [0.15, 0.2) is 5.78 Å². The van der Waals surface area contributed by atoms with E-state index >= 15 is 0 Å². The van der Waals surface area contributed by atoms with Crippen LogP contribution in [0.2, 0.25) is 0 Å². The number of esters is 1. The van der Waals surface area contributed by atoms with Gasteiger partial charge in [0.25, 0.3) is 0 Å². The second kappa shape index (κ2) is 17.1. The molecule has 1 saturated heterocycles. The second-order valence-electron chi connectivity index (χ2n) is 12.4. The molecular formula is C37H51N3O5. The molecule has 0 aromatic heterocycles. The molecule has 0 saturated carbocycles. The number of rotatable bonds is 14. The van der Waals surface area contributed by atoms with E-state index in [2.05, 4.69) is 24.1 Å². The molecule has 2 amide bonds. The van der Waals surface area contributed by atoms with Gasteiger partial charge in [-0.1, -0.05) is 87.9 Å². The number of amides is 2. The van der Waals surface area contributed by atoms with Gasteiger partial charge < -0.3 is 15.0 Å². The minimum Gasteiger partial charge on any atom is -0.463 e. The highest BCUT2D eigenvalue weighted by Gasteiger charge is 2.35. The van der Waals surface area contributed by atoms with Crippen LogP contribution in [0.4, 0.5) is 0 Å². The van der Waals surface area contributed by atoms with Crippen LogP contribution in [0.15, 0.2) is 66.2 Å². The number of carbonyl (C=O) groups excluding carboxylic acids is 4. The molecule has 0 radical (unpaired) electrons. The van der Waals surface area contributed by atoms with Crippen LogP contribution in [-0.4, -0.2) is 77.7 Å².